The molecule has 1 aliphatic rings. The quantitative estimate of drug-likeness (QED) is 0.747. The molecule has 2 aromatic carbocycles. The fourth-order valence-corrected chi connectivity index (χ4v) is 4.01. The first kappa shape index (κ1) is 16.8. The average Bonchev–Trinajstić information content (AvgIpc) is 2.97. The number of nitrogens with one attached hydrogen (secondary N) is 1. The lowest BCUT2D eigenvalue weighted by Crippen LogP contribution is -2.25. The molecule has 1 aromatic heterocycles. The summed E-state index contributed by atoms with van der Waals surface area (Å²) in [5.41, 5.74) is 4.52. The number of hydrogen-bond donors (Lipinski definition) is 1. The Labute approximate surface area is 156 Å². The summed E-state index contributed by atoms with van der Waals surface area (Å²) in [5.74, 6) is -0.212. The highest BCUT2D eigenvalue weighted by molar-refractivity contribution is 8.15. The molecule has 130 valence electrons. The van der Waals surface area contributed by atoms with E-state index < -0.39 is 0 Å². The maximum atomic E-state index is 11.7. The van der Waals surface area contributed by atoms with Gasteiger partial charge in [-0.2, -0.15) is 0 Å². The number of hydrogen-bond acceptors (Lipinski definition) is 4. The molecular weight excluding hydrogens is 344 g/mol. The molecule has 2 amide bonds. The van der Waals surface area contributed by atoms with Crippen molar-refractivity contribution in [1.29, 1.82) is 0 Å². The van der Waals surface area contributed by atoms with Crippen LogP contribution in [0.3, 0.4) is 0 Å². The molecule has 2 heterocycles. The van der Waals surface area contributed by atoms with Crippen molar-refractivity contribution >= 4 is 33.8 Å². The van der Waals surface area contributed by atoms with E-state index >= 15 is 0 Å². The Hall–Kier alpha value is -2.66. The van der Waals surface area contributed by atoms with Crippen LogP contribution in [0.5, 0.6) is 0 Å². The van der Waals surface area contributed by atoms with E-state index in [0.29, 0.717) is 6.42 Å². The minimum atomic E-state index is -0.355. The van der Waals surface area contributed by atoms with E-state index in [1.807, 2.05) is 6.07 Å². The molecule has 1 fully saturated rings. The van der Waals surface area contributed by atoms with Gasteiger partial charge >= 0.3 is 0 Å². The minimum Gasteiger partial charge on any atom is -0.286 e. The summed E-state index contributed by atoms with van der Waals surface area (Å²) in [6, 6.07) is 18.9. The molecule has 3 aromatic rings. The van der Waals surface area contributed by atoms with Crippen LogP contribution in [0.4, 0.5) is 4.79 Å². The molecule has 1 atom stereocenters. The van der Waals surface area contributed by atoms with Gasteiger partial charge in [-0.25, -0.2) is 0 Å². The first-order valence-corrected chi connectivity index (χ1v) is 9.48. The number of thioether (sulfide) groups is 1. The van der Waals surface area contributed by atoms with Crippen LogP contribution >= 0.6 is 11.8 Å². The highest BCUT2D eigenvalue weighted by atomic mass is 32.2. The zero-order valence-corrected chi connectivity index (χ0v) is 15.0. The van der Waals surface area contributed by atoms with Crippen molar-refractivity contribution in [3.63, 3.8) is 0 Å². The molecule has 4 nitrogen and oxygen atoms in total. The lowest BCUT2D eigenvalue weighted by molar-refractivity contribution is -0.118. The molecule has 0 spiro atoms. The number of carbonyl (C=O) groups is 2. The highest BCUT2D eigenvalue weighted by Gasteiger charge is 2.31. The van der Waals surface area contributed by atoms with Crippen LogP contribution in [0.1, 0.15) is 16.7 Å². The van der Waals surface area contributed by atoms with Gasteiger partial charge < -0.3 is 0 Å². The first-order chi connectivity index (χ1) is 12.7. The Bertz CT molecular complexity index is 972. The number of nitrogens with zero attached hydrogens (tertiary/aromatic N) is 1. The predicted molar refractivity (Wildman–Crippen MR) is 104 cm³/mol. The largest absolute Gasteiger partial charge is 0.286 e. The fraction of sp³-hybridized carbons (Fsp3) is 0.190. The van der Waals surface area contributed by atoms with Gasteiger partial charge in [-0.15, -0.1) is 0 Å². The molecule has 1 saturated heterocycles. The SMILES string of the molecule is O=C1NC(=O)C(Cc2cnc3cc(CCc4ccccc4)ccc3c2)S1. The van der Waals surface area contributed by atoms with E-state index in [0.717, 1.165) is 41.1 Å². The number of amides is 2. The Balaban J connectivity index is 1.47. The summed E-state index contributed by atoms with van der Waals surface area (Å²) in [7, 11) is 0. The fourth-order valence-electron chi connectivity index (χ4n) is 3.15. The first-order valence-electron chi connectivity index (χ1n) is 8.60. The molecule has 1 unspecified atom stereocenters. The molecule has 26 heavy (non-hydrogen) atoms. The standard InChI is InChI=1S/C21H18N2O2S/c24-20-19(26-21(25)23-20)12-16-10-17-9-8-15(11-18(17)22-13-16)7-6-14-4-2-1-3-5-14/h1-5,8-11,13,19H,6-7,12H2,(H,23,24,25). The molecule has 0 saturated carbocycles. The van der Waals surface area contributed by atoms with Crippen molar-refractivity contribution in [2.45, 2.75) is 24.5 Å². The van der Waals surface area contributed by atoms with Gasteiger partial charge in [0, 0.05) is 11.6 Å². The van der Waals surface area contributed by atoms with Gasteiger partial charge in [0.1, 0.15) is 0 Å². The van der Waals surface area contributed by atoms with Gasteiger partial charge in [-0.3, -0.25) is 19.9 Å². The summed E-state index contributed by atoms with van der Waals surface area (Å²) in [5, 5.41) is 2.76. The molecule has 0 bridgehead atoms. The number of aryl methyl sites for hydroxylation is 2. The molecule has 1 N–H and O–H groups in total. The number of pyridine rings is 1. The Kier molecular flexibility index (Phi) is 4.71. The number of imide groups is 1. The van der Waals surface area contributed by atoms with Gasteiger partial charge in [-0.05, 0) is 48.1 Å². The average molecular weight is 362 g/mol. The topological polar surface area (TPSA) is 59.1 Å². The van der Waals surface area contributed by atoms with Crippen LogP contribution in [0.2, 0.25) is 0 Å². The predicted octanol–water partition coefficient (Wildman–Crippen LogP) is 3.91. The lowest BCUT2D eigenvalue weighted by atomic mass is 10.0. The summed E-state index contributed by atoms with van der Waals surface area (Å²) < 4.78 is 0. The van der Waals surface area contributed by atoms with Crippen LogP contribution in [-0.2, 0) is 24.1 Å². The summed E-state index contributed by atoms with van der Waals surface area (Å²) in [6.07, 6.45) is 4.30. The van der Waals surface area contributed by atoms with E-state index in [1.54, 1.807) is 6.20 Å². The van der Waals surface area contributed by atoms with Gasteiger partial charge in [0.05, 0.1) is 10.8 Å². The molecule has 1 aliphatic heterocycles. The van der Waals surface area contributed by atoms with E-state index in [1.165, 1.54) is 11.1 Å². The molecule has 0 radical (unpaired) electrons. The van der Waals surface area contributed by atoms with Crippen molar-refractivity contribution < 1.29 is 9.59 Å². The second-order valence-corrected chi connectivity index (χ2v) is 7.62. The van der Waals surface area contributed by atoms with E-state index in [-0.39, 0.29) is 16.4 Å². The Morgan fingerprint density at radius 2 is 1.73 bits per heavy atom. The number of carbonyl (C=O) groups excluding carboxylic acids is 2. The van der Waals surface area contributed by atoms with Crippen LogP contribution in [-0.4, -0.2) is 21.4 Å². The molecule has 4 rings (SSSR count). The third-order valence-electron chi connectivity index (χ3n) is 4.54. The summed E-state index contributed by atoms with van der Waals surface area (Å²) >= 11 is 1.05. The van der Waals surface area contributed by atoms with E-state index in [9.17, 15) is 9.59 Å². The van der Waals surface area contributed by atoms with Gasteiger partial charge in [0.2, 0.25) is 5.91 Å². The maximum Gasteiger partial charge on any atom is 0.286 e. The molecule has 0 aliphatic carbocycles. The smallest absolute Gasteiger partial charge is 0.286 e. The number of benzene rings is 2. The third-order valence-corrected chi connectivity index (χ3v) is 5.52. The van der Waals surface area contributed by atoms with E-state index in [2.05, 4.69) is 58.8 Å². The Morgan fingerprint density at radius 1 is 0.923 bits per heavy atom. The van der Waals surface area contributed by atoms with E-state index in [4.69, 9.17) is 0 Å². The highest BCUT2D eigenvalue weighted by Crippen LogP contribution is 2.24. The van der Waals surface area contributed by atoms with Crippen molar-refractivity contribution in [3.8, 4) is 0 Å². The van der Waals surface area contributed by atoms with Crippen molar-refractivity contribution in [3.05, 3.63) is 77.5 Å². The maximum absolute atomic E-state index is 11.7. The molecular formula is C21H18N2O2S. The van der Waals surface area contributed by atoms with Gasteiger partial charge in [0.25, 0.3) is 5.24 Å². The lowest BCUT2D eigenvalue weighted by Gasteiger charge is -2.08. The summed E-state index contributed by atoms with van der Waals surface area (Å²) in [6.45, 7) is 0. The van der Waals surface area contributed by atoms with Crippen molar-refractivity contribution in [2.24, 2.45) is 0 Å². The van der Waals surface area contributed by atoms with Gasteiger partial charge in [-0.1, -0.05) is 54.2 Å². The second kappa shape index (κ2) is 7.30. The van der Waals surface area contributed by atoms with Crippen LogP contribution in [0, 0.1) is 0 Å². The number of fused-ring (bicyclic) bond motifs is 1. The van der Waals surface area contributed by atoms with Crippen molar-refractivity contribution in [2.75, 3.05) is 0 Å². The second-order valence-electron chi connectivity index (χ2n) is 6.44. The van der Waals surface area contributed by atoms with Crippen LogP contribution in [0.15, 0.2) is 60.8 Å². The van der Waals surface area contributed by atoms with Crippen molar-refractivity contribution in [1.82, 2.24) is 10.3 Å². The van der Waals surface area contributed by atoms with Crippen LogP contribution < -0.4 is 5.32 Å². The monoisotopic (exact) mass is 362 g/mol. The number of aromatic nitrogens is 1. The zero-order valence-electron chi connectivity index (χ0n) is 14.1. The normalized spacial score (nSPS) is 16.8. The van der Waals surface area contributed by atoms with Gasteiger partial charge in [0.15, 0.2) is 0 Å². The zero-order chi connectivity index (χ0) is 17.9. The molecule has 5 heteroatoms. The van der Waals surface area contributed by atoms with Crippen LogP contribution in [0.25, 0.3) is 10.9 Å². The summed E-state index contributed by atoms with van der Waals surface area (Å²) in [4.78, 5) is 27.6. The Morgan fingerprint density at radius 3 is 2.50 bits per heavy atom. The minimum absolute atomic E-state index is 0.212. The third kappa shape index (κ3) is 3.78. The number of rotatable bonds is 5.